The summed E-state index contributed by atoms with van der Waals surface area (Å²) in [6.45, 7) is 0. The van der Waals surface area contributed by atoms with Crippen LogP contribution < -0.4 is 0 Å². The van der Waals surface area contributed by atoms with Gasteiger partial charge in [0.25, 0.3) is 0 Å². The van der Waals surface area contributed by atoms with Gasteiger partial charge in [-0.2, -0.15) is 0 Å². The Morgan fingerprint density at radius 3 is 2.11 bits per heavy atom. The highest BCUT2D eigenvalue weighted by atomic mass is 19.1. The molecule has 1 nitrogen and oxygen atoms in total. The lowest BCUT2D eigenvalue weighted by Crippen LogP contribution is -2.01. The maximum atomic E-state index is 13.4. The molecule has 0 heterocycles. The molecule has 0 aliphatic rings. The van der Waals surface area contributed by atoms with Crippen LogP contribution >= 0.6 is 0 Å². The zero-order valence-electron chi connectivity index (χ0n) is 9.40. The van der Waals surface area contributed by atoms with Crippen LogP contribution in [0.25, 0.3) is 0 Å². The summed E-state index contributed by atoms with van der Waals surface area (Å²) in [4.78, 5) is 0. The molecule has 0 radical (unpaired) electrons. The second kappa shape index (κ2) is 5.44. The average molecular weight is 244 g/mol. The first-order valence-electron chi connectivity index (χ1n) is 5.37. The van der Waals surface area contributed by atoms with Gasteiger partial charge in [-0.3, -0.25) is 0 Å². The molecule has 0 unspecified atom stereocenters. The molecule has 3 heteroatoms. The van der Waals surface area contributed by atoms with Crippen molar-refractivity contribution >= 4 is 0 Å². The smallest absolute Gasteiger partial charge is 0.146 e. The standard InChI is InChI=1S/C15H10F2O/c16-12-7-4-8-13(17)15(12)14(18)10-9-11-5-2-1-3-6-11/h1-8,14,18H/t14-/m0/s1. The third-order valence-electron chi connectivity index (χ3n) is 2.40. The van der Waals surface area contributed by atoms with Crippen LogP contribution in [-0.2, 0) is 0 Å². The molecule has 1 atom stereocenters. The largest absolute Gasteiger partial charge is 0.376 e. The number of halogens is 2. The lowest BCUT2D eigenvalue weighted by atomic mass is 10.1. The number of benzene rings is 2. The van der Waals surface area contributed by atoms with Crippen LogP contribution in [0.15, 0.2) is 48.5 Å². The van der Waals surface area contributed by atoms with Crippen molar-refractivity contribution in [3.8, 4) is 11.8 Å². The van der Waals surface area contributed by atoms with E-state index in [0.29, 0.717) is 5.56 Å². The highest BCUT2D eigenvalue weighted by Gasteiger charge is 2.15. The van der Waals surface area contributed by atoms with E-state index >= 15 is 0 Å². The van der Waals surface area contributed by atoms with E-state index in [1.165, 1.54) is 6.07 Å². The molecule has 2 rings (SSSR count). The molecule has 90 valence electrons. The topological polar surface area (TPSA) is 20.2 Å². The second-order valence-electron chi connectivity index (χ2n) is 3.67. The monoisotopic (exact) mass is 244 g/mol. The van der Waals surface area contributed by atoms with Crippen LogP contribution in [-0.4, -0.2) is 5.11 Å². The van der Waals surface area contributed by atoms with Crippen molar-refractivity contribution in [2.24, 2.45) is 0 Å². The Morgan fingerprint density at radius 1 is 0.889 bits per heavy atom. The van der Waals surface area contributed by atoms with Crippen LogP contribution in [0, 0.1) is 23.5 Å². The molecule has 0 amide bonds. The lowest BCUT2D eigenvalue weighted by molar-refractivity contribution is 0.226. The molecule has 0 spiro atoms. The van der Waals surface area contributed by atoms with Gasteiger partial charge >= 0.3 is 0 Å². The van der Waals surface area contributed by atoms with Crippen molar-refractivity contribution in [2.45, 2.75) is 6.10 Å². The summed E-state index contributed by atoms with van der Waals surface area (Å²) in [6, 6.07) is 12.3. The van der Waals surface area contributed by atoms with Gasteiger partial charge in [0, 0.05) is 5.56 Å². The average Bonchev–Trinajstić information content (AvgIpc) is 2.37. The highest BCUT2D eigenvalue weighted by Crippen LogP contribution is 2.19. The summed E-state index contributed by atoms with van der Waals surface area (Å²) in [5, 5.41) is 9.69. The fraction of sp³-hybridized carbons (Fsp3) is 0.0667. The molecule has 1 N–H and O–H groups in total. The van der Waals surface area contributed by atoms with Gasteiger partial charge in [-0.15, -0.1) is 0 Å². The molecule has 2 aromatic carbocycles. The maximum Gasteiger partial charge on any atom is 0.146 e. The zero-order chi connectivity index (χ0) is 13.0. The first kappa shape index (κ1) is 12.3. The van der Waals surface area contributed by atoms with Gasteiger partial charge in [-0.1, -0.05) is 36.1 Å². The lowest BCUT2D eigenvalue weighted by Gasteiger charge is -2.06. The van der Waals surface area contributed by atoms with Gasteiger partial charge in [0.05, 0.1) is 5.56 Å². The minimum absolute atomic E-state index is 0.416. The highest BCUT2D eigenvalue weighted by molar-refractivity contribution is 5.37. The molecule has 2 aromatic rings. The predicted molar refractivity (Wildman–Crippen MR) is 64.6 cm³/mol. The van der Waals surface area contributed by atoms with E-state index in [2.05, 4.69) is 11.8 Å². The molecule has 0 bridgehead atoms. The SMILES string of the molecule is O[C@@H](C#Cc1ccccc1)c1c(F)cccc1F. The molecule has 0 aliphatic heterocycles. The third kappa shape index (κ3) is 2.73. The van der Waals surface area contributed by atoms with Crippen molar-refractivity contribution in [2.75, 3.05) is 0 Å². The Balaban J connectivity index is 2.28. The maximum absolute atomic E-state index is 13.4. The number of hydrogen-bond donors (Lipinski definition) is 1. The van der Waals surface area contributed by atoms with Crippen LogP contribution in [0.1, 0.15) is 17.2 Å². The van der Waals surface area contributed by atoms with Gasteiger partial charge in [-0.05, 0) is 24.3 Å². The van der Waals surface area contributed by atoms with Crippen molar-refractivity contribution < 1.29 is 13.9 Å². The predicted octanol–water partition coefficient (Wildman–Crippen LogP) is 3.05. The third-order valence-corrected chi connectivity index (χ3v) is 2.40. The Morgan fingerprint density at radius 2 is 1.50 bits per heavy atom. The van der Waals surface area contributed by atoms with Crippen LogP contribution in [0.3, 0.4) is 0 Å². The fourth-order valence-corrected chi connectivity index (χ4v) is 1.52. The van der Waals surface area contributed by atoms with E-state index in [0.717, 1.165) is 12.1 Å². The van der Waals surface area contributed by atoms with E-state index in [9.17, 15) is 13.9 Å². The van der Waals surface area contributed by atoms with Crippen LogP contribution in [0.5, 0.6) is 0 Å². The van der Waals surface area contributed by atoms with Gasteiger partial charge in [0.1, 0.15) is 17.7 Å². The van der Waals surface area contributed by atoms with E-state index < -0.39 is 23.3 Å². The molecular formula is C15H10F2O. The zero-order valence-corrected chi connectivity index (χ0v) is 9.40. The van der Waals surface area contributed by atoms with Gasteiger partial charge in [-0.25, -0.2) is 8.78 Å². The van der Waals surface area contributed by atoms with E-state index in [4.69, 9.17) is 0 Å². The van der Waals surface area contributed by atoms with Crippen molar-refractivity contribution in [3.05, 3.63) is 71.3 Å². The summed E-state index contributed by atoms with van der Waals surface area (Å²) < 4.78 is 26.7. The van der Waals surface area contributed by atoms with Gasteiger partial charge in [0.15, 0.2) is 0 Å². The van der Waals surface area contributed by atoms with Crippen LogP contribution in [0.2, 0.25) is 0 Å². The van der Waals surface area contributed by atoms with Crippen molar-refractivity contribution in [1.29, 1.82) is 0 Å². The Bertz CT molecular complexity index is 577. The summed E-state index contributed by atoms with van der Waals surface area (Å²) >= 11 is 0. The Hall–Kier alpha value is -2.18. The number of hydrogen-bond acceptors (Lipinski definition) is 1. The number of aliphatic hydroxyl groups is 1. The quantitative estimate of drug-likeness (QED) is 0.764. The summed E-state index contributed by atoms with van der Waals surface area (Å²) in [5.41, 5.74) is 0.259. The molecule has 0 fully saturated rings. The summed E-state index contributed by atoms with van der Waals surface area (Å²) in [7, 11) is 0. The molecule has 0 saturated carbocycles. The Kier molecular flexibility index (Phi) is 3.71. The molecule has 18 heavy (non-hydrogen) atoms. The van der Waals surface area contributed by atoms with E-state index in [-0.39, 0.29) is 0 Å². The molecule has 0 aliphatic carbocycles. The summed E-state index contributed by atoms with van der Waals surface area (Å²) in [6.07, 6.45) is -1.48. The van der Waals surface area contributed by atoms with E-state index in [1.807, 2.05) is 6.07 Å². The first-order valence-corrected chi connectivity index (χ1v) is 5.37. The minimum atomic E-state index is -1.48. The Labute approximate surface area is 104 Å². The van der Waals surface area contributed by atoms with Gasteiger partial charge in [0.2, 0.25) is 0 Å². The molecule has 0 aromatic heterocycles. The van der Waals surface area contributed by atoms with Gasteiger partial charge < -0.3 is 5.11 Å². The molecular weight excluding hydrogens is 234 g/mol. The number of aliphatic hydroxyl groups excluding tert-OH is 1. The normalized spacial score (nSPS) is 11.5. The van der Waals surface area contributed by atoms with Crippen molar-refractivity contribution in [1.82, 2.24) is 0 Å². The summed E-state index contributed by atoms with van der Waals surface area (Å²) in [5.74, 6) is 3.48. The van der Waals surface area contributed by atoms with E-state index in [1.54, 1.807) is 24.3 Å². The fourth-order valence-electron chi connectivity index (χ4n) is 1.52. The first-order chi connectivity index (χ1) is 8.68. The minimum Gasteiger partial charge on any atom is -0.376 e. The molecule has 0 saturated heterocycles. The number of rotatable bonds is 1. The second-order valence-corrected chi connectivity index (χ2v) is 3.67. The van der Waals surface area contributed by atoms with Crippen LogP contribution in [0.4, 0.5) is 8.78 Å². The van der Waals surface area contributed by atoms with Crippen molar-refractivity contribution in [3.63, 3.8) is 0 Å².